The molecule has 1 saturated heterocycles. The van der Waals surface area contributed by atoms with Crippen LogP contribution < -0.4 is 0 Å². The molecule has 1 aromatic rings. The first-order chi connectivity index (χ1) is 12.7. The van der Waals surface area contributed by atoms with Crippen LogP contribution in [0, 0.1) is 5.92 Å². The lowest BCUT2D eigenvalue weighted by Crippen LogP contribution is -2.64. The molecule has 1 fully saturated rings. The van der Waals surface area contributed by atoms with Crippen LogP contribution in [-0.2, 0) is 18.7 Å². The molecule has 1 heterocycles. The predicted octanol–water partition coefficient (Wildman–Crippen LogP) is 5.72. The smallest absolute Gasteiger partial charge is 0.349 e. The SMILES string of the molecule is C[C@@H]1C[C@@H]([C@@H](C)CCS(=O)(=O)c2ccccc2)O[Si](C(C)(C)C)(C(C)(C)C)O1. The lowest BCUT2D eigenvalue weighted by Gasteiger charge is -2.55. The van der Waals surface area contributed by atoms with E-state index in [2.05, 4.69) is 55.4 Å². The Bertz CT molecular complexity index is 733. The van der Waals surface area contributed by atoms with Crippen molar-refractivity contribution in [3.63, 3.8) is 0 Å². The summed E-state index contributed by atoms with van der Waals surface area (Å²) in [5.74, 6) is 0.300. The van der Waals surface area contributed by atoms with Gasteiger partial charge < -0.3 is 8.85 Å². The molecular formula is C22H38O4SSi. The van der Waals surface area contributed by atoms with Crippen molar-refractivity contribution in [2.45, 2.75) is 95.4 Å². The molecule has 0 aliphatic carbocycles. The fraction of sp³-hybridized carbons (Fsp3) is 0.727. The Morgan fingerprint density at radius 2 is 1.57 bits per heavy atom. The first-order valence-electron chi connectivity index (χ1n) is 10.3. The summed E-state index contributed by atoms with van der Waals surface area (Å²) in [6, 6.07) is 8.72. The number of hydrogen-bond donors (Lipinski definition) is 0. The lowest BCUT2D eigenvalue weighted by molar-refractivity contribution is -0.0383. The molecule has 0 bridgehead atoms. The van der Waals surface area contributed by atoms with Crippen LogP contribution in [-0.4, -0.2) is 34.9 Å². The van der Waals surface area contributed by atoms with Crippen molar-refractivity contribution >= 4 is 18.4 Å². The standard InChI is InChI=1S/C22H38O4SSi/c1-17(14-15-27(23,24)19-12-10-9-11-13-19)20-16-18(2)25-28(26-20,21(3,4)5)22(6,7)8/h9-13,17-18,20H,14-16H2,1-8H3/t17-,18+,20-/m0/s1. The highest BCUT2D eigenvalue weighted by Gasteiger charge is 2.61. The number of hydrogen-bond acceptors (Lipinski definition) is 4. The van der Waals surface area contributed by atoms with Gasteiger partial charge in [-0.25, -0.2) is 8.42 Å². The van der Waals surface area contributed by atoms with Gasteiger partial charge in [-0.15, -0.1) is 0 Å². The van der Waals surface area contributed by atoms with Gasteiger partial charge in [0.2, 0.25) is 0 Å². The molecule has 4 nitrogen and oxygen atoms in total. The Hall–Kier alpha value is -0.693. The van der Waals surface area contributed by atoms with E-state index in [-0.39, 0.29) is 34.0 Å². The average molecular weight is 427 g/mol. The van der Waals surface area contributed by atoms with Crippen LogP contribution in [0.2, 0.25) is 10.1 Å². The Balaban J connectivity index is 2.18. The van der Waals surface area contributed by atoms with E-state index in [1.54, 1.807) is 24.3 Å². The van der Waals surface area contributed by atoms with Crippen LogP contribution in [0.1, 0.15) is 68.2 Å². The van der Waals surface area contributed by atoms with E-state index < -0.39 is 18.4 Å². The summed E-state index contributed by atoms with van der Waals surface area (Å²) in [5.41, 5.74) is 0. The van der Waals surface area contributed by atoms with Crippen molar-refractivity contribution in [2.75, 3.05) is 5.75 Å². The second-order valence-electron chi connectivity index (χ2n) is 10.3. The Morgan fingerprint density at radius 3 is 2.07 bits per heavy atom. The largest absolute Gasteiger partial charge is 0.391 e. The third-order valence-corrected chi connectivity index (χ3v) is 12.9. The summed E-state index contributed by atoms with van der Waals surface area (Å²) >= 11 is 0. The molecule has 0 amide bonds. The molecule has 0 spiro atoms. The first kappa shape index (κ1) is 23.6. The molecule has 1 aromatic carbocycles. The zero-order valence-electron chi connectivity index (χ0n) is 18.8. The summed E-state index contributed by atoms with van der Waals surface area (Å²) < 4.78 is 38.8. The van der Waals surface area contributed by atoms with E-state index in [0.717, 1.165) is 6.42 Å². The van der Waals surface area contributed by atoms with E-state index in [9.17, 15) is 8.42 Å². The topological polar surface area (TPSA) is 52.6 Å². The Labute approximate surface area is 173 Å². The van der Waals surface area contributed by atoms with E-state index >= 15 is 0 Å². The van der Waals surface area contributed by atoms with Gasteiger partial charge in [0, 0.05) is 16.2 Å². The van der Waals surface area contributed by atoms with Gasteiger partial charge in [0.05, 0.1) is 16.8 Å². The summed E-state index contributed by atoms with van der Waals surface area (Å²) in [4.78, 5) is 0.400. The van der Waals surface area contributed by atoms with Crippen LogP contribution in [0.3, 0.4) is 0 Å². The first-order valence-corrected chi connectivity index (χ1v) is 13.8. The average Bonchev–Trinajstić information content (AvgIpc) is 2.58. The molecule has 160 valence electrons. The van der Waals surface area contributed by atoms with Crippen molar-refractivity contribution in [1.29, 1.82) is 0 Å². The van der Waals surface area contributed by atoms with Gasteiger partial charge in [0.15, 0.2) is 9.84 Å². The molecule has 0 unspecified atom stereocenters. The van der Waals surface area contributed by atoms with Crippen LogP contribution in [0.15, 0.2) is 35.2 Å². The maximum absolute atomic E-state index is 12.7. The maximum Gasteiger partial charge on any atom is 0.349 e. The van der Waals surface area contributed by atoms with Crippen LogP contribution in [0.4, 0.5) is 0 Å². The number of rotatable bonds is 5. The van der Waals surface area contributed by atoms with E-state index in [1.165, 1.54) is 0 Å². The Morgan fingerprint density at radius 1 is 1.04 bits per heavy atom. The number of benzene rings is 1. The highest BCUT2D eigenvalue weighted by molar-refractivity contribution is 7.91. The molecule has 28 heavy (non-hydrogen) atoms. The molecule has 0 N–H and O–H groups in total. The molecule has 0 saturated carbocycles. The van der Waals surface area contributed by atoms with Gasteiger partial charge in [-0.05, 0) is 37.8 Å². The minimum absolute atomic E-state index is 0.0276. The van der Waals surface area contributed by atoms with E-state index in [0.29, 0.717) is 11.3 Å². The summed E-state index contributed by atoms with van der Waals surface area (Å²) in [6.07, 6.45) is 1.55. The zero-order valence-corrected chi connectivity index (χ0v) is 20.6. The number of sulfone groups is 1. The molecule has 0 aromatic heterocycles. The maximum atomic E-state index is 12.7. The van der Waals surface area contributed by atoms with Crippen molar-refractivity contribution in [3.8, 4) is 0 Å². The van der Waals surface area contributed by atoms with Gasteiger partial charge in [0.1, 0.15) is 0 Å². The summed E-state index contributed by atoms with van der Waals surface area (Å²) in [7, 11) is -5.83. The molecule has 0 radical (unpaired) electrons. The highest BCUT2D eigenvalue weighted by Crippen LogP contribution is 2.55. The molecule has 3 atom stereocenters. The molecular weight excluding hydrogens is 388 g/mol. The van der Waals surface area contributed by atoms with Gasteiger partial charge in [-0.1, -0.05) is 66.7 Å². The van der Waals surface area contributed by atoms with Gasteiger partial charge >= 0.3 is 8.56 Å². The normalized spacial score (nSPS) is 24.7. The van der Waals surface area contributed by atoms with Crippen LogP contribution >= 0.6 is 0 Å². The zero-order chi connectivity index (χ0) is 21.4. The van der Waals surface area contributed by atoms with Crippen LogP contribution in [0.25, 0.3) is 0 Å². The van der Waals surface area contributed by atoms with Crippen molar-refractivity contribution < 1.29 is 17.3 Å². The van der Waals surface area contributed by atoms with Gasteiger partial charge in [0.25, 0.3) is 0 Å². The molecule has 1 aliphatic rings. The Kier molecular flexibility index (Phi) is 6.91. The van der Waals surface area contributed by atoms with Crippen molar-refractivity contribution in [2.24, 2.45) is 5.92 Å². The minimum atomic E-state index is -3.27. The third-order valence-electron chi connectivity index (χ3n) is 5.80. The highest BCUT2D eigenvalue weighted by atomic mass is 32.2. The fourth-order valence-electron chi connectivity index (χ4n) is 4.40. The van der Waals surface area contributed by atoms with E-state index in [1.807, 2.05) is 6.07 Å². The van der Waals surface area contributed by atoms with Crippen molar-refractivity contribution in [3.05, 3.63) is 30.3 Å². The quantitative estimate of drug-likeness (QED) is 0.565. The summed E-state index contributed by atoms with van der Waals surface area (Å²) in [6.45, 7) is 17.5. The molecule has 2 rings (SSSR count). The third kappa shape index (κ3) is 4.89. The van der Waals surface area contributed by atoms with Crippen molar-refractivity contribution in [1.82, 2.24) is 0 Å². The van der Waals surface area contributed by atoms with E-state index in [4.69, 9.17) is 8.85 Å². The predicted molar refractivity (Wildman–Crippen MR) is 117 cm³/mol. The fourth-order valence-corrected chi connectivity index (χ4v) is 11.0. The second-order valence-corrected chi connectivity index (χ2v) is 17.1. The van der Waals surface area contributed by atoms with Gasteiger partial charge in [-0.2, -0.15) is 0 Å². The summed E-state index contributed by atoms with van der Waals surface area (Å²) in [5, 5.41) is -0.151. The minimum Gasteiger partial charge on any atom is -0.391 e. The van der Waals surface area contributed by atoms with Crippen LogP contribution in [0.5, 0.6) is 0 Å². The molecule has 6 heteroatoms. The monoisotopic (exact) mass is 426 g/mol. The lowest BCUT2D eigenvalue weighted by atomic mass is 9.97. The second kappa shape index (κ2) is 8.21. The molecule has 1 aliphatic heterocycles. The van der Waals surface area contributed by atoms with Gasteiger partial charge in [-0.3, -0.25) is 0 Å².